The monoisotopic (exact) mass is 175 g/mol. The summed E-state index contributed by atoms with van der Waals surface area (Å²) in [5.74, 6) is 0.212. The first-order valence-corrected chi connectivity index (χ1v) is 4.51. The van der Waals surface area contributed by atoms with Gasteiger partial charge in [-0.2, -0.15) is 12.6 Å². The van der Waals surface area contributed by atoms with Crippen LogP contribution in [0.15, 0.2) is 0 Å². The van der Waals surface area contributed by atoms with Gasteiger partial charge in [-0.25, -0.2) is 0 Å². The van der Waals surface area contributed by atoms with Crippen molar-refractivity contribution in [1.29, 1.82) is 0 Å². The second-order valence-electron chi connectivity index (χ2n) is 3.08. The van der Waals surface area contributed by atoms with Crippen LogP contribution in [0.5, 0.6) is 0 Å². The number of thiol groups is 1. The van der Waals surface area contributed by atoms with Crippen LogP contribution in [0.3, 0.4) is 0 Å². The Hall–Kier alpha value is -0.180. The number of nitrogens with one attached hydrogen (secondary N) is 1. The zero-order chi connectivity index (χ0) is 8.85. The maximum Gasteiger partial charge on any atom is 0.222 e. The van der Waals surface area contributed by atoms with Gasteiger partial charge in [-0.3, -0.25) is 4.79 Å². The van der Waals surface area contributed by atoms with Gasteiger partial charge in [0.2, 0.25) is 5.91 Å². The van der Waals surface area contributed by atoms with E-state index in [0.717, 1.165) is 13.0 Å². The highest BCUT2D eigenvalue weighted by Crippen LogP contribution is 1.97. The van der Waals surface area contributed by atoms with Crippen molar-refractivity contribution in [2.75, 3.05) is 6.54 Å². The Morgan fingerprint density at radius 3 is 2.36 bits per heavy atom. The minimum atomic E-state index is 0.0882. The van der Waals surface area contributed by atoms with Gasteiger partial charge >= 0.3 is 0 Å². The lowest BCUT2D eigenvalue weighted by molar-refractivity contribution is -0.123. The highest BCUT2D eigenvalue weighted by atomic mass is 32.1. The third-order valence-electron chi connectivity index (χ3n) is 1.39. The number of hydrogen-bond donors (Lipinski definition) is 2. The van der Waals surface area contributed by atoms with Crippen LogP contribution < -0.4 is 5.32 Å². The summed E-state index contributed by atoms with van der Waals surface area (Å²) in [7, 11) is 0. The molecule has 1 unspecified atom stereocenters. The van der Waals surface area contributed by atoms with Gasteiger partial charge in [-0.1, -0.05) is 20.8 Å². The fraction of sp³-hybridized carbons (Fsp3) is 0.875. The minimum Gasteiger partial charge on any atom is -0.356 e. The predicted molar refractivity (Wildman–Crippen MR) is 50.9 cm³/mol. The van der Waals surface area contributed by atoms with E-state index in [1.165, 1.54) is 0 Å². The van der Waals surface area contributed by atoms with Crippen LogP contribution in [-0.4, -0.2) is 17.7 Å². The summed E-state index contributed by atoms with van der Waals surface area (Å²) in [5.41, 5.74) is 0. The van der Waals surface area contributed by atoms with Crippen LogP contribution in [0.4, 0.5) is 0 Å². The highest BCUT2D eigenvalue weighted by Gasteiger charge is 2.05. The molecule has 0 aromatic carbocycles. The van der Waals surface area contributed by atoms with Crippen molar-refractivity contribution < 1.29 is 4.79 Å². The fourth-order valence-electron chi connectivity index (χ4n) is 0.608. The zero-order valence-electron chi connectivity index (χ0n) is 7.42. The molecule has 0 saturated heterocycles. The largest absolute Gasteiger partial charge is 0.356 e. The van der Waals surface area contributed by atoms with Gasteiger partial charge in [0.05, 0.1) is 0 Å². The first kappa shape index (κ1) is 10.8. The van der Waals surface area contributed by atoms with E-state index in [1.807, 2.05) is 20.8 Å². The average Bonchev–Trinajstić information content (AvgIpc) is 1.86. The second-order valence-corrected chi connectivity index (χ2v) is 3.96. The topological polar surface area (TPSA) is 29.1 Å². The van der Waals surface area contributed by atoms with Crippen molar-refractivity contribution in [1.82, 2.24) is 5.32 Å². The SMILES string of the molecule is CC(S)CCNC(=O)C(C)C. The maximum absolute atomic E-state index is 11.0. The standard InChI is InChI=1S/C8H17NOS/c1-6(2)8(10)9-5-4-7(3)11/h6-7,11H,4-5H2,1-3H3,(H,9,10). The molecule has 0 aromatic rings. The lowest BCUT2D eigenvalue weighted by atomic mass is 10.2. The lowest BCUT2D eigenvalue weighted by Crippen LogP contribution is -2.29. The summed E-state index contributed by atoms with van der Waals surface area (Å²) in [4.78, 5) is 11.0. The number of rotatable bonds is 4. The molecule has 0 heterocycles. The van der Waals surface area contributed by atoms with Gasteiger partial charge < -0.3 is 5.32 Å². The Labute approximate surface area is 74.2 Å². The smallest absolute Gasteiger partial charge is 0.222 e. The molecule has 0 radical (unpaired) electrons. The zero-order valence-corrected chi connectivity index (χ0v) is 8.32. The third kappa shape index (κ3) is 6.23. The summed E-state index contributed by atoms with van der Waals surface area (Å²) >= 11 is 4.20. The van der Waals surface area contributed by atoms with Crippen LogP contribution in [0.1, 0.15) is 27.2 Å². The van der Waals surface area contributed by atoms with E-state index in [4.69, 9.17) is 0 Å². The van der Waals surface area contributed by atoms with E-state index in [9.17, 15) is 4.79 Å². The van der Waals surface area contributed by atoms with Crippen LogP contribution in [0.2, 0.25) is 0 Å². The highest BCUT2D eigenvalue weighted by molar-refractivity contribution is 7.80. The summed E-state index contributed by atoms with van der Waals surface area (Å²) in [6.45, 7) is 6.53. The normalized spacial score (nSPS) is 13.2. The fourth-order valence-corrected chi connectivity index (χ4v) is 0.737. The van der Waals surface area contributed by atoms with Crippen molar-refractivity contribution in [2.24, 2.45) is 5.92 Å². The van der Waals surface area contributed by atoms with Crippen LogP contribution in [-0.2, 0) is 4.79 Å². The van der Waals surface area contributed by atoms with E-state index in [1.54, 1.807) is 0 Å². The van der Waals surface area contributed by atoms with Gasteiger partial charge in [0.15, 0.2) is 0 Å². The molecule has 0 aliphatic carbocycles. The molecule has 1 amide bonds. The molecule has 1 atom stereocenters. The van der Waals surface area contributed by atoms with Crippen LogP contribution >= 0.6 is 12.6 Å². The molecular weight excluding hydrogens is 158 g/mol. The quantitative estimate of drug-likeness (QED) is 0.622. The summed E-state index contributed by atoms with van der Waals surface area (Å²) in [5, 5.41) is 3.19. The maximum atomic E-state index is 11.0. The van der Waals surface area contributed by atoms with E-state index in [-0.39, 0.29) is 11.8 Å². The van der Waals surface area contributed by atoms with E-state index in [2.05, 4.69) is 17.9 Å². The number of hydrogen-bond acceptors (Lipinski definition) is 2. The molecule has 0 fully saturated rings. The number of carbonyl (C=O) groups excluding carboxylic acids is 1. The molecule has 3 heteroatoms. The Balaban J connectivity index is 3.32. The van der Waals surface area contributed by atoms with Crippen molar-refractivity contribution in [3.8, 4) is 0 Å². The molecule has 0 aliphatic heterocycles. The van der Waals surface area contributed by atoms with E-state index < -0.39 is 0 Å². The van der Waals surface area contributed by atoms with Crippen molar-refractivity contribution in [2.45, 2.75) is 32.4 Å². The third-order valence-corrected chi connectivity index (χ3v) is 1.64. The van der Waals surface area contributed by atoms with Crippen LogP contribution in [0, 0.1) is 5.92 Å². The summed E-state index contributed by atoms with van der Waals surface area (Å²) < 4.78 is 0. The Morgan fingerprint density at radius 1 is 1.45 bits per heavy atom. The minimum absolute atomic E-state index is 0.0882. The Bertz CT molecular complexity index is 123. The van der Waals surface area contributed by atoms with E-state index >= 15 is 0 Å². The molecular formula is C8H17NOS. The molecule has 2 nitrogen and oxygen atoms in total. The lowest BCUT2D eigenvalue weighted by Gasteiger charge is -2.08. The van der Waals surface area contributed by atoms with Crippen molar-refractivity contribution in [3.63, 3.8) is 0 Å². The van der Waals surface area contributed by atoms with E-state index in [0.29, 0.717) is 5.25 Å². The molecule has 11 heavy (non-hydrogen) atoms. The molecule has 0 aromatic heterocycles. The first-order valence-electron chi connectivity index (χ1n) is 3.99. The average molecular weight is 175 g/mol. The summed E-state index contributed by atoms with van der Waals surface area (Å²) in [6, 6.07) is 0. The molecule has 0 bridgehead atoms. The molecule has 0 rings (SSSR count). The molecule has 0 spiro atoms. The van der Waals surface area contributed by atoms with Gasteiger partial charge in [0.25, 0.3) is 0 Å². The van der Waals surface area contributed by atoms with Crippen LogP contribution in [0.25, 0.3) is 0 Å². The molecule has 1 N–H and O–H groups in total. The molecule has 0 saturated carbocycles. The molecule has 0 aliphatic rings. The Morgan fingerprint density at radius 2 is 2.00 bits per heavy atom. The molecule has 66 valence electrons. The first-order chi connectivity index (χ1) is 5.04. The predicted octanol–water partition coefficient (Wildman–Crippen LogP) is 1.47. The van der Waals surface area contributed by atoms with Gasteiger partial charge in [0.1, 0.15) is 0 Å². The summed E-state index contributed by atoms with van der Waals surface area (Å²) in [6.07, 6.45) is 0.932. The van der Waals surface area contributed by atoms with Gasteiger partial charge in [-0.15, -0.1) is 0 Å². The second kappa shape index (κ2) is 5.47. The van der Waals surface area contributed by atoms with Crippen molar-refractivity contribution >= 4 is 18.5 Å². The van der Waals surface area contributed by atoms with Gasteiger partial charge in [-0.05, 0) is 6.42 Å². The number of carbonyl (C=O) groups is 1. The number of amides is 1. The Kier molecular flexibility index (Phi) is 5.38. The van der Waals surface area contributed by atoms with Gasteiger partial charge in [0, 0.05) is 17.7 Å². The van der Waals surface area contributed by atoms with Crippen molar-refractivity contribution in [3.05, 3.63) is 0 Å².